The normalized spacial score (nSPS) is 29.0. The van der Waals surface area contributed by atoms with E-state index in [9.17, 15) is 9.90 Å². The van der Waals surface area contributed by atoms with Crippen molar-refractivity contribution >= 4 is 5.97 Å². The van der Waals surface area contributed by atoms with Crippen LogP contribution in [0.5, 0.6) is 0 Å². The Morgan fingerprint density at radius 2 is 2.13 bits per heavy atom. The number of hydrogen-bond donors (Lipinski definition) is 1. The molecule has 0 bridgehead atoms. The minimum Gasteiger partial charge on any atom is -0.462 e. The standard InChI is InChI=1S/C12H22O3/c1-8(2)6-10(13)7-11-5-4-9(3)12(14)15-11/h8-11,13H,4-7H2,1-3H3/t9-,10-,11+/m0/s1. The molecule has 1 saturated heterocycles. The zero-order valence-electron chi connectivity index (χ0n) is 9.90. The first-order valence-corrected chi connectivity index (χ1v) is 5.87. The lowest BCUT2D eigenvalue weighted by atomic mass is 9.94. The van der Waals surface area contributed by atoms with Crippen molar-refractivity contribution in [3.05, 3.63) is 0 Å². The molecule has 3 atom stereocenters. The quantitative estimate of drug-likeness (QED) is 0.729. The van der Waals surface area contributed by atoms with Crippen molar-refractivity contribution in [2.75, 3.05) is 0 Å². The molecule has 88 valence electrons. The molecular formula is C12H22O3. The molecule has 0 aromatic rings. The molecule has 1 fully saturated rings. The van der Waals surface area contributed by atoms with Gasteiger partial charge < -0.3 is 9.84 Å². The summed E-state index contributed by atoms with van der Waals surface area (Å²) in [6.07, 6.45) is 2.75. The number of aliphatic hydroxyl groups is 1. The van der Waals surface area contributed by atoms with Crippen LogP contribution in [0.25, 0.3) is 0 Å². The second-order valence-electron chi connectivity index (χ2n) is 5.06. The Kier molecular flexibility index (Phi) is 4.58. The molecule has 0 aromatic heterocycles. The van der Waals surface area contributed by atoms with Gasteiger partial charge in [-0.25, -0.2) is 0 Å². The lowest BCUT2D eigenvalue weighted by molar-refractivity contribution is -0.161. The van der Waals surface area contributed by atoms with E-state index in [1.165, 1.54) is 0 Å². The Bertz CT molecular complexity index is 213. The van der Waals surface area contributed by atoms with Crippen LogP contribution in [0.15, 0.2) is 0 Å². The van der Waals surface area contributed by atoms with Gasteiger partial charge in [-0.3, -0.25) is 4.79 Å². The molecule has 0 radical (unpaired) electrons. The van der Waals surface area contributed by atoms with E-state index in [1.54, 1.807) is 0 Å². The summed E-state index contributed by atoms with van der Waals surface area (Å²) in [7, 11) is 0. The lowest BCUT2D eigenvalue weighted by Crippen LogP contribution is -2.32. The Morgan fingerprint density at radius 1 is 1.47 bits per heavy atom. The van der Waals surface area contributed by atoms with Crippen molar-refractivity contribution in [3.63, 3.8) is 0 Å². The average molecular weight is 214 g/mol. The van der Waals surface area contributed by atoms with Crippen LogP contribution in [0, 0.1) is 11.8 Å². The zero-order chi connectivity index (χ0) is 11.4. The fourth-order valence-corrected chi connectivity index (χ4v) is 2.00. The molecule has 15 heavy (non-hydrogen) atoms. The first-order chi connectivity index (χ1) is 6.99. The molecule has 3 heteroatoms. The van der Waals surface area contributed by atoms with Crippen LogP contribution in [0.4, 0.5) is 0 Å². The molecule has 0 unspecified atom stereocenters. The number of cyclic esters (lactones) is 1. The summed E-state index contributed by atoms with van der Waals surface area (Å²) in [6.45, 7) is 6.06. The molecule has 0 spiro atoms. The smallest absolute Gasteiger partial charge is 0.308 e. The SMILES string of the molecule is CC(C)C[C@H](O)C[C@H]1CC[C@H](C)C(=O)O1. The number of esters is 1. The molecule has 1 heterocycles. The molecule has 0 aromatic carbocycles. The van der Waals surface area contributed by atoms with Crippen molar-refractivity contribution in [2.45, 2.75) is 58.7 Å². The van der Waals surface area contributed by atoms with E-state index in [0.717, 1.165) is 19.3 Å². The van der Waals surface area contributed by atoms with Crippen LogP contribution in [0.3, 0.4) is 0 Å². The van der Waals surface area contributed by atoms with Crippen molar-refractivity contribution in [1.29, 1.82) is 0 Å². The molecule has 1 aliphatic heterocycles. The predicted octanol–water partition coefficient (Wildman–Crippen LogP) is 2.13. The highest BCUT2D eigenvalue weighted by Gasteiger charge is 2.28. The Labute approximate surface area is 91.8 Å². The molecule has 0 aliphatic carbocycles. The van der Waals surface area contributed by atoms with Gasteiger partial charge in [-0.1, -0.05) is 20.8 Å². The van der Waals surface area contributed by atoms with Gasteiger partial charge in [0.25, 0.3) is 0 Å². The third-order valence-corrected chi connectivity index (χ3v) is 2.89. The number of aliphatic hydroxyl groups excluding tert-OH is 1. The van der Waals surface area contributed by atoms with Gasteiger partial charge in [-0.2, -0.15) is 0 Å². The molecule has 1 rings (SSSR count). The van der Waals surface area contributed by atoms with E-state index in [4.69, 9.17) is 4.74 Å². The Balaban J connectivity index is 2.30. The fourth-order valence-electron chi connectivity index (χ4n) is 2.00. The first-order valence-electron chi connectivity index (χ1n) is 5.87. The summed E-state index contributed by atoms with van der Waals surface area (Å²) >= 11 is 0. The van der Waals surface area contributed by atoms with E-state index in [2.05, 4.69) is 13.8 Å². The fraction of sp³-hybridized carbons (Fsp3) is 0.917. The molecule has 3 nitrogen and oxygen atoms in total. The van der Waals surface area contributed by atoms with E-state index in [-0.39, 0.29) is 24.1 Å². The maximum atomic E-state index is 11.3. The van der Waals surface area contributed by atoms with Crippen molar-refractivity contribution < 1.29 is 14.6 Å². The maximum Gasteiger partial charge on any atom is 0.308 e. The topological polar surface area (TPSA) is 46.5 Å². The van der Waals surface area contributed by atoms with Crippen molar-refractivity contribution in [2.24, 2.45) is 11.8 Å². The maximum absolute atomic E-state index is 11.3. The highest BCUT2D eigenvalue weighted by Crippen LogP contribution is 2.23. The third-order valence-electron chi connectivity index (χ3n) is 2.89. The van der Waals surface area contributed by atoms with Gasteiger partial charge >= 0.3 is 5.97 Å². The van der Waals surface area contributed by atoms with Crippen LogP contribution in [-0.4, -0.2) is 23.3 Å². The van der Waals surface area contributed by atoms with Gasteiger partial charge in [0.2, 0.25) is 0 Å². The van der Waals surface area contributed by atoms with E-state index in [1.807, 2.05) is 6.92 Å². The molecule has 0 saturated carbocycles. The van der Waals surface area contributed by atoms with Gasteiger partial charge in [0, 0.05) is 6.42 Å². The molecule has 0 amide bonds. The van der Waals surface area contributed by atoms with E-state index >= 15 is 0 Å². The summed E-state index contributed by atoms with van der Waals surface area (Å²) in [6, 6.07) is 0. The largest absolute Gasteiger partial charge is 0.462 e. The van der Waals surface area contributed by atoms with E-state index in [0.29, 0.717) is 12.3 Å². The highest BCUT2D eigenvalue weighted by atomic mass is 16.5. The van der Waals surface area contributed by atoms with Crippen molar-refractivity contribution in [1.82, 2.24) is 0 Å². The number of ether oxygens (including phenoxy) is 1. The minimum atomic E-state index is -0.337. The number of hydrogen-bond acceptors (Lipinski definition) is 3. The van der Waals surface area contributed by atoms with Crippen LogP contribution in [0.1, 0.15) is 46.5 Å². The Hall–Kier alpha value is -0.570. The lowest BCUT2D eigenvalue weighted by Gasteiger charge is -2.28. The van der Waals surface area contributed by atoms with Gasteiger partial charge in [0.05, 0.1) is 12.0 Å². The molecule has 1 N–H and O–H groups in total. The van der Waals surface area contributed by atoms with Gasteiger partial charge in [-0.05, 0) is 25.2 Å². The average Bonchev–Trinajstić information content (AvgIpc) is 2.10. The number of rotatable bonds is 4. The zero-order valence-corrected chi connectivity index (χ0v) is 9.90. The second kappa shape index (κ2) is 5.50. The Morgan fingerprint density at radius 3 is 2.67 bits per heavy atom. The molecule has 1 aliphatic rings. The second-order valence-corrected chi connectivity index (χ2v) is 5.06. The summed E-state index contributed by atoms with van der Waals surface area (Å²) in [5, 5.41) is 9.73. The van der Waals surface area contributed by atoms with Gasteiger partial charge in [0.15, 0.2) is 0 Å². The monoisotopic (exact) mass is 214 g/mol. The number of carbonyl (C=O) groups is 1. The van der Waals surface area contributed by atoms with Crippen molar-refractivity contribution in [3.8, 4) is 0 Å². The summed E-state index contributed by atoms with van der Waals surface area (Å²) in [5.74, 6) is 0.407. The number of carbonyl (C=O) groups excluding carboxylic acids is 1. The minimum absolute atomic E-state index is 0.0310. The highest BCUT2D eigenvalue weighted by molar-refractivity contribution is 5.72. The first kappa shape index (κ1) is 12.5. The van der Waals surface area contributed by atoms with Crippen LogP contribution in [-0.2, 0) is 9.53 Å². The van der Waals surface area contributed by atoms with Gasteiger partial charge in [0.1, 0.15) is 6.10 Å². The summed E-state index contributed by atoms with van der Waals surface area (Å²) < 4.78 is 5.25. The van der Waals surface area contributed by atoms with E-state index < -0.39 is 0 Å². The van der Waals surface area contributed by atoms with Crippen LogP contribution < -0.4 is 0 Å². The third kappa shape index (κ3) is 4.20. The van der Waals surface area contributed by atoms with Crippen LogP contribution >= 0.6 is 0 Å². The van der Waals surface area contributed by atoms with Gasteiger partial charge in [-0.15, -0.1) is 0 Å². The summed E-state index contributed by atoms with van der Waals surface area (Å²) in [4.78, 5) is 11.3. The van der Waals surface area contributed by atoms with Crippen LogP contribution in [0.2, 0.25) is 0 Å². The molecular weight excluding hydrogens is 192 g/mol. The summed E-state index contributed by atoms with van der Waals surface area (Å²) in [5.41, 5.74) is 0. The predicted molar refractivity (Wildman–Crippen MR) is 58.4 cm³/mol.